The summed E-state index contributed by atoms with van der Waals surface area (Å²) in [6.07, 6.45) is 5.72. The molecule has 5 aliphatic rings. The van der Waals surface area contributed by atoms with Gasteiger partial charge in [0, 0.05) is 6.54 Å². The zero-order valence-electron chi connectivity index (χ0n) is 17.3. The average Bonchev–Trinajstić information content (AvgIpc) is 3.54. The van der Waals surface area contributed by atoms with Crippen molar-refractivity contribution in [2.75, 3.05) is 6.54 Å². The number of benzene rings is 1. The van der Waals surface area contributed by atoms with Gasteiger partial charge in [0.25, 0.3) is 11.8 Å². The van der Waals surface area contributed by atoms with E-state index in [4.69, 9.17) is 9.68 Å². The van der Waals surface area contributed by atoms with Crippen LogP contribution in [0.5, 0.6) is 0 Å². The van der Waals surface area contributed by atoms with Crippen LogP contribution < -0.4 is 0 Å². The SMILES string of the molecule is O=C(ON1C(=O)C2C(C1=O)[C@H]1C=C[C@H]2C1)[C@@H]1CC[C@@H]2CN1C(=O)N2OCc1ccccc1. The van der Waals surface area contributed by atoms with Crippen LogP contribution in [0, 0.1) is 23.7 Å². The first-order chi connectivity index (χ1) is 15.5. The maximum Gasteiger partial charge on any atom is 0.355 e. The van der Waals surface area contributed by atoms with Gasteiger partial charge in [0.15, 0.2) is 0 Å². The van der Waals surface area contributed by atoms with Crippen molar-refractivity contribution in [3.8, 4) is 0 Å². The number of nitrogens with zero attached hydrogens (tertiary/aromatic N) is 3. The standard InChI is InChI=1S/C23H23N3O6/c27-20-18-14-6-7-15(10-14)19(18)21(28)26(20)32-22(29)17-9-8-16-11-24(17)23(30)25(16)31-12-13-4-2-1-3-5-13/h1-7,14-19H,8-12H2/t14-,15-,16+,17-,18?,19?/m0/s1. The van der Waals surface area contributed by atoms with Gasteiger partial charge < -0.3 is 9.74 Å². The molecule has 0 spiro atoms. The molecule has 9 nitrogen and oxygen atoms in total. The number of carbonyl (C=O) groups is 4. The molecule has 4 amide bonds. The third-order valence-corrected chi connectivity index (χ3v) is 7.42. The number of fused-ring (bicyclic) bond motifs is 7. The van der Waals surface area contributed by atoms with Crippen LogP contribution in [-0.2, 0) is 30.7 Å². The number of urea groups is 1. The van der Waals surface area contributed by atoms with E-state index in [0.717, 1.165) is 12.0 Å². The molecule has 1 aromatic rings. The van der Waals surface area contributed by atoms with E-state index in [-0.39, 0.29) is 24.5 Å². The van der Waals surface area contributed by atoms with Crippen molar-refractivity contribution in [2.45, 2.75) is 38.0 Å². The highest BCUT2D eigenvalue weighted by molar-refractivity contribution is 6.06. The van der Waals surface area contributed by atoms with Crippen molar-refractivity contribution in [1.82, 2.24) is 15.0 Å². The molecule has 166 valence electrons. The number of hydrogen-bond donors (Lipinski definition) is 0. The second-order valence-electron chi connectivity index (χ2n) is 9.15. The monoisotopic (exact) mass is 437 g/mol. The Morgan fingerprint density at radius 1 is 0.969 bits per heavy atom. The molecule has 0 N–H and O–H groups in total. The first-order valence-corrected chi connectivity index (χ1v) is 11.1. The van der Waals surface area contributed by atoms with Gasteiger partial charge in [-0.15, -0.1) is 5.06 Å². The number of amides is 4. The molecule has 6 rings (SSSR count). The van der Waals surface area contributed by atoms with Crippen molar-refractivity contribution in [1.29, 1.82) is 0 Å². The smallest absolute Gasteiger partial charge is 0.328 e. The van der Waals surface area contributed by atoms with E-state index in [0.29, 0.717) is 24.4 Å². The zero-order valence-corrected chi connectivity index (χ0v) is 17.3. The molecule has 9 heteroatoms. The Morgan fingerprint density at radius 3 is 2.34 bits per heavy atom. The third kappa shape index (κ3) is 2.80. The van der Waals surface area contributed by atoms with Gasteiger partial charge in [-0.05, 0) is 36.7 Å². The van der Waals surface area contributed by atoms with E-state index in [9.17, 15) is 19.2 Å². The molecule has 6 atom stereocenters. The summed E-state index contributed by atoms with van der Waals surface area (Å²) in [5, 5.41) is 1.99. The van der Waals surface area contributed by atoms with Gasteiger partial charge >= 0.3 is 12.0 Å². The molecule has 1 saturated carbocycles. The van der Waals surface area contributed by atoms with Crippen molar-refractivity contribution >= 4 is 23.8 Å². The molecule has 32 heavy (non-hydrogen) atoms. The predicted molar refractivity (Wildman–Crippen MR) is 108 cm³/mol. The van der Waals surface area contributed by atoms with Crippen LogP contribution in [0.15, 0.2) is 42.5 Å². The van der Waals surface area contributed by atoms with E-state index < -0.39 is 41.7 Å². The lowest BCUT2D eigenvalue weighted by Gasteiger charge is -2.29. The fourth-order valence-corrected chi connectivity index (χ4v) is 5.88. The molecule has 2 aliphatic carbocycles. The highest BCUT2D eigenvalue weighted by atomic mass is 16.7. The van der Waals surface area contributed by atoms with Crippen molar-refractivity contribution in [3.05, 3.63) is 48.0 Å². The maximum absolute atomic E-state index is 12.9. The zero-order chi connectivity index (χ0) is 22.0. The molecular weight excluding hydrogens is 414 g/mol. The quantitative estimate of drug-likeness (QED) is 0.513. The Hall–Kier alpha value is -3.20. The molecule has 3 heterocycles. The number of allylic oxidation sites excluding steroid dienone is 2. The molecule has 2 unspecified atom stereocenters. The summed E-state index contributed by atoms with van der Waals surface area (Å²) in [6.45, 7) is 0.594. The molecule has 4 bridgehead atoms. The Morgan fingerprint density at radius 2 is 1.66 bits per heavy atom. The van der Waals surface area contributed by atoms with Crippen LogP contribution >= 0.6 is 0 Å². The molecule has 0 aromatic heterocycles. The lowest BCUT2D eigenvalue weighted by molar-refractivity contribution is -0.202. The summed E-state index contributed by atoms with van der Waals surface area (Å²) in [7, 11) is 0. The molecule has 4 fully saturated rings. The normalized spacial score (nSPS) is 34.6. The van der Waals surface area contributed by atoms with Crippen molar-refractivity contribution < 1.29 is 28.9 Å². The summed E-state index contributed by atoms with van der Waals surface area (Å²) >= 11 is 0. The summed E-state index contributed by atoms with van der Waals surface area (Å²) in [5.41, 5.74) is 0.938. The van der Waals surface area contributed by atoms with E-state index in [1.807, 2.05) is 42.5 Å². The lowest BCUT2D eigenvalue weighted by Crippen LogP contribution is -2.48. The first kappa shape index (κ1) is 19.5. The average molecular weight is 437 g/mol. The molecule has 1 aromatic carbocycles. The van der Waals surface area contributed by atoms with Gasteiger partial charge in [0.1, 0.15) is 12.6 Å². The van der Waals surface area contributed by atoms with Gasteiger partial charge in [-0.3, -0.25) is 14.4 Å². The molecule has 0 radical (unpaired) electrons. The largest absolute Gasteiger partial charge is 0.355 e. The number of rotatable bonds is 5. The highest BCUT2D eigenvalue weighted by Crippen LogP contribution is 2.52. The number of hydrogen-bond acceptors (Lipinski definition) is 6. The minimum Gasteiger partial charge on any atom is -0.328 e. The Labute approximate surface area is 184 Å². The Balaban J connectivity index is 1.11. The van der Waals surface area contributed by atoms with Crippen LogP contribution in [0.4, 0.5) is 4.79 Å². The van der Waals surface area contributed by atoms with Gasteiger partial charge in [0.05, 0.1) is 17.9 Å². The van der Waals surface area contributed by atoms with Gasteiger partial charge in [-0.1, -0.05) is 42.5 Å². The van der Waals surface area contributed by atoms with Gasteiger partial charge in [0.2, 0.25) is 0 Å². The van der Waals surface area contributed by atoms with Crippen LogP contribution in [0.1, 0.15) is 24.8 Å². The third-order valence-electron chi connectivity index (χ3n) is 7.42. The molecule has 3 aliphatic heterocycles. The summed E-state index contributed by atoms with van der Waals surface area (Å²) in [6, 6.07) is 8.13. The fourth-order valence-electron chi connectivity index (χ4n) is 5.88. The number of carbonyl (C=O) groups excluding carboxylic acids is 4. The van der Waals surface area contributed by atoms with Gasteiger partial charge in [-0.2, -0.15) is 5.06 Å². The van der Waals surface area contributed by atoms with Gasteiger partial charge in [-0.25, -0.2) is 9.59 Å². The summed E-state index contributed by atoms with van der Waals surface area (Å²) < 4.78 is 0. The number of piperidine rings is 1. The number of hydroxylamine groups is 4. The highest BCUT2D eigenvalue weighted by Gasteiger charge is 2.61. The van der Waals surface area contributed by atoms with Crippen LogP contribution in [0.25, 0.3) is 0 Å². The molecular formula is C23H23N3O6. The van der Waals surface area contributed by atoms with E-state index in [1.165, 1.54) is 9.96 Å². The predicted octanol–water partition coefficient (Wildman–Crippen LogP) is 1.65. The van der Waals surface area contributed by atoms with E-state index >= 15 is 0 Å². The fraction of sp³-hybridized carbons (Fsp3) is 0.478. The van der Waals surface area contributed by atoms with Crippen molar-refractivity contribution in [2.24, 2.45) is 23.7 Å². The number of imide groups is 1. The first-order valence-electron chi connectivity index (χ1n) is 11.1. The van der Waals surface area contributed by atoms with Crippen LogP contribution in [0.2, 0.25) is 0 Å². The van der Waals surface area contributed by atoms with E-state index in [2.05, 4.69) is 0 Å². The second kappa shape index (κ2) is 7.16. The topological polar surface area (TPSA) is 96.5 Å². The summed E-state index contributed by atoms with van der Waals surface area (Å²) in [4.78, 5) is 63.9. The van der Waals surface area contributed by atoms with Crippen molar-refractivity contribution in [3.63, 3.8) is 0 Å². The Kier molecular flexibility index (Phi) is 4.36. The molecule has 3 saturated heterocycles. The van der Waals surface area contributed by atoms with Crippen LogP contribution in [-0.4, -0.2) is 57.5 Å². The summed E-state index contributed by atoms with van der Waals surface area (Å²) in [5.74, 6) is -2.43. The maximum atomic E-state index is 12.9. The second-order valence-corrected chi connectivity index (χ2v) is 9.15. The van der Waals surface area contributed by atoms with E-state index in [1.54, 1.807) is 0 Å². The minimum absolute atomic E-state index is 0.0380. The minimum atomic E-state index is -0.847. The lowest BCUT2D eigenvalue weighted by atomic mass is 9.85. The Bertz CT molecular complexity index is 996. The van der Waals surface area contributed by atoms with Crippen LogP contribution in [0.3, 0.4) is 0 Å².